The number of nitrogens with two attached hydrogens (primary N) is 2. The van der Waals surface area contributed by atoms with Crippen LogP contribution < -0.4 is 16.8 Å². The molecule has 6 N–H and O–H groups in total. The molecule has 6 heteroatoms. The second-order valence-corrected chi connectivity index (χ2v) is 5.47. The minimum Gasteiger partial charge on any atom is -0.512 e. The Morgan fingerprint density at radius 3 is 2.57 bits per heavy atom. The van der Waals surface area contributed by atoms with E-state index in [2.05, 4.69) is 10.3 Å². The molecular weight excluding hydrogens is 292 g/mol. The first-order valence-electron chi connectivity index (χ1n) is 7.71. The number of rotatable bonds is 8. The number of allylic oxidation sites excluding steroid dienone is 2. The molecule has 1 amide bonds. The smallest absolute Gasteiger partial charge is 0.224 e. The van der Waals surface area contributed by atoms with Crippen LogP contribution in [0.1, 0.15) is 32.3 Å². The number of nitrogens with zero attached hydrogens (tertiary/aromatic N) is 1. The molecule has 0 aliphatic heterocycles. The highest BCUT2D eigenvalue weighted by Gasteiger charge is 2.08. The number of carbonyl (C=O) groups excluding carboxylic acids is 1. The summed E-state index contributed by atoms with van der Waals surface area (Å²) < 4.78 is 0. The molecule has 0 saturated heterocycles. The maximum Gasteiger partial charge on any atom is 0.224 e. The summed E-state index contributed by atoms with van der Waals surface area (Å²) in [6.07, 6.45) is 3.43. The van der Waals surface area contributed by atoms with E-state index in [0.29, 0.717) is 25.1 Å². The lowest BCUT2D eigenvalue weighted by atomic mass is 9.99. The number of amides is 1. The van der Waals surface area contributed by atoms with E-state index in [1.807, 2.05) is 38.1 Å². The summed E-state index contributed by atoms with van der Waals surface area (Å²) in [6, 6.07) is 7.63. The molecule has 6 nitrogen and oxygen atoms in total. The van der Waals surface area contributed by atoms with Crippen LogP contribution in [-0.2, 0) is 11.2 Å². The first kappa shape index (κ1) is 18.5. The van der Waals surface area contributed by atoms with E-state index < -0.39 is 0 Å². The number of guanidine groups is 1. The molecule has 1 atom stereocenters. The standard InChI is InChI=1S/C17H26N4O2/c1-3-15(22)12(2)11-13-6-8-14(9-7-13)21-16(23)5-4-10-20-17(18)19/h3,6-9,12,22H,4-5,10-11H2,1-2H3,(H,21,23)(H4,18,19,20)/b15-3-. The van der Waals surface area contributed by atoms with Crippen LogP contribution in [0.3, 0.4) is 0 Å². The van der Waals surface area contributed by atoms with Gasteiger partial charge in [-0.15, -0.1) is 0 Å². The first-order chi connectivity index (χ1) is 10.9. The van der Waals surface area contributed by atoms with Gasteiger partial charge in [0.05, 0.1) is 5.76 Å². The number of benzene rings is 1. The van der Waals surface area contributed by atoms with Crippen LogP contribution in [0, 0.1) is 5.92 Å². The van der Waals surface area contributed by atoms with Gasteiger partial charge in [0.25, 0.3) is 0 Å². The summed E-state index contributed by atoms with van der Waals surface area (Å²) in [5.74, 6) is 0.446. The molecule has 1 rings (SSSR count). The molecule has 0 bridgehead atoms. The predicted octanol–water partition coefficient (Wildman–Crippen LogP) is 2.32. The van der Waals surface area contributed by atoms with Crippen molar-refractivity contribution in [2.24, 2.45) is 22.4 Å². The third-order valence-electron chi connectivity index (χ3n) is 3.44. The van der Waals surface area contributed by atoms with E-state index in [1.165, 1.54) is 0 Å². The van der Waals surface area contributed by atoms with Gasteiger partial charge < -0.3 is 21.9 Å². The molecule has 0 saturated carbocycles. The number of aliphatic imine (C=N–C) groups is 1. The van der Waals surface area contributed by atoms with Gasteiger partial charge in [0.1, 0.15) is 0 Å². The topological polar surface area (TPSA) is 114 Å². The normalized spacial score (nSPS) is 12.5. The summed E-state index contributed by atoms with van der Waals surface area (Å²) in [4.78, 5) is 15.6. The highest BCUT2D eigenvalue weighted by Crippen LogP contribution is 2.17. The van der Waals surface area contributed by atoms with Crippen molar-refractivity contribution < 1.29 is 9.90 Å². The fraction of sp³-hybridized carbons (Fsp3) is 0.412. The quantitative estimate of drug-likeness (QED) is 0.255. The summed E-state index contributed by atoms with van der Waals surface area (Å²) in [6.45, 7) is 4.24. The van der Waals surface area contributed by atoms with Gasteiger partial charge in [-0.3, -0.25) is 9.79 Å². The Hall–Kier alpha value is -2.50. The van der Waals surface area contributed by atoms with E-state index in [-0.39, 0.29) is 17.8 Å². The summed E-state index contributed by atoms with van der Waals surface area (Å²) >= 11 is 0. The number of anilines is 1. The van der Waals surface area contributed by atoms with Crippen LogP contribution in [-0.4, -0.2) is 23.5 Å². The lowest BCUT2D eigenvalue weighted by Crippen LogP contribution is -2.23. The molecule has 0 heterocycles. The van der Waals surface area contributed by atoms with Crippen molar-refractivity contribution in [1.29, 1.82) is 0 Å². The highest BCUT2D eigenvalue weighted by molar-refractivity contribution is 5.90. The fourth-order valence-corrected chi connectivity index (χ4v) is 2.14. The maximum absolute atomic E-state index is 11.8. The molecule has 1 aromatic carbocycles. The van der Waals surface area contributed by atoms with Gasteiger partial charge in [-0.2, -0.15) is 0 Å². The zero-order chi connectivity index (χ0) is 17.2. The maximum atomic E-state index is 11.8. The Morgan fingerprint density at radius 1 is 1.35 bits per heavy atom. The number of aliphatic hydroxyl groups excluding tert-OH is 1. The molecule has 0 spiro atoms. The van der Waals surface area contributed by atoms with E-state index in [0.717, 1.165) is 17.7 Å². The Balaban J connectivity index is 2.44. The van der Waals surface area contributed by atoms with Crippen molar-refractivity contribution in [2.45, 2.75) is 33.1 Å². The molecule has 0 fully saturated rings. The molecule has 0 radical (unpaired) electrons. The van der Waals surface area contributed by atoms with Gasteiger partial charge in [-0.05, 0) is 43.5 Å². The van der Waals surface area contributed by atoms with E-state index in [4.69, 9.17) is 11.5 Å². The van der Waals surface area contributed by atoms with Gasteiger partial charge in [-0.1, -0.05) is 19.1 Å². The number of carbonyl (C=O) groups is 1. The third-order valence-corrected chi connectivity index (χ3v) is 3.44. The Kier molecular flexibility index (Phi) is 7.66. The molecule has 0 aromatic heterocycles. The number of hydrogen-bond donors (Lipinski definition) is 4. The zero-order valence-electron chi connectivity index (χ0n) is 13.7. The van der Waals surface area contributed by atoms with Crippen molar-refractivity contribution in [3.8, 4) is 0 Å². The number of nitrogens with one attached hydrogen (secondary N) is 1. The van der Waals surface area contributed by atoms with Crippen molar-refractivity contribution in [2.75, 3.05) is 11.9 Å². The minimum atomic E-state index is -0.0662. The predicted molar refractivity (Wildman–Crippen MR) is 94.2 cm³/mol. The van der Waals surface area contributed by atoms with Gasteiger partial charge >= 0.3 is 0 Å². The average molecular weight is 318 g/mol. The third kappa shape index (κ3) is 7.35. The monoisotopic (exact) mass is 318 g/mol. The van der Waals surface area contributed by atoms with Crippen LogP contribution >= 0.6 is 0 Å². The second-order valence-electron chi connectivity index (χ2n) is 5.47. The van der Waals surface area contributed by atoms with Crippen LogP contribution in [0.4, 0.5) is 5.69 Å². The largest absolute Gasteiger partial charge is 0.512 e. The van der Waals surface area contributed by atoms with Crippen LogP contribution in [0.2, 0.25) is 0 Å². The zero-order valence-corrected chi connectivity index (χ0v) is 13.7. The van der Waals surface area contributed by atoms with Gasteiger partial charge in [0.15, 0.2) is 5.96 Å². The SMILES string of the molecule is C/C=C(\O)C(C)Cc1ccc(NC(=O)CCCN=C(N)N)cc1. The molecule has 1 aromatic rings. The highest BCUT2D eigenvalue weighted by atomic mass is 16.3. The van der Waals surface area contributed by atoms with Gasteiger partial charge in [0, 0.05) is 24.6 Å². The van der Waals surface area contributed by atoms with E-state index in [9.17, 15) is 9.90 Å². The molecular formula is C17H26N4O2. The first-order valence-corrected chi connectivity index (χ1v) is 7.71. The Labute approximate surface area is 137 Å². The lowest BCUT2D eigenvalue weighted by Gasteiger charge is -2.11. The van der Waals surface area contributed by atoms with Crippen molar-refractivity contribution in [3.63, 3.8) is 0 Å². The molecule has 1 unspecified atom stereocenters. The van der Waals surface area contributed by atoms with Crippen LogP contribution in [0.5, 0.6) is 0 Å². The Morgan fingerprint density at radius 2 is 2.00 bits per heavy atom. The van der Waals surface area contributed by atoms with Crippen molar-refractivity contribution >= 4 is 17.6 Å². The van der Waals surface area contributed by atoms with Crippen LogP contribution in [0.25, 0.3) is 0 Å². The lowest BCUT2D eigenvalue weighted by molar-refractivity contribution is -0.116. The van der Waals surface area contributed by atoms with Crippen molar-refractivity contribution in [1.82, 2.24) is 0 Å². The fourth-order valence-electron chi connectivity index (χ4n) is 2.14. The van der Waals surface area contributed by atoms with Crippen molar-refractivity contribution in [3.05, 3.63) is 41.7 Å². The molecule has 126 valence electrons. The average Bonchev–Trinajstić information content (AvgIpc) is 2.52. The second kappa shape index (κ2) is 9.50. The Bertz CT molecular complexity index is 560. The van der Waals surface area contributed by atoms with Crippen LogP contribution in [0.15, 0.2) is 41.1 Å². The van der Waals surface area contributed by atoms with Gasteiger partial charge in [0.2, 0.25) is 5.91 Å². The summed E-state index contributed by atoms with van der Waals surface area (Å²) in [5, 5.41) is 12.5. The molecule has 23 heavy (non-hydrogen) atoms. The van der Waals surface area contributed by atoms with E-state index in [1.54, 1.807) is 6.08 Å². The molecule has 0 aliphatic rings. The summed E-state index contributed by atoms with van der Waals surface area (Å²) in [7, 11) is 0. The summed E-state index contributed by atoms with van der Waals surface area (Å²) in [5.41, 5.74) is 12.3. The van der Waals surface area contributed by atoms with Gasteiger partial charge in [-0.25, -0.2) is 0 Å². The minimum absolute atomic E-state index is 0.0409. The number of hydrogen-bond acceptors (Lipinski definition) is 3. The van der Waals surface area contributed by atoms with E-state index >= 15 is 0 Å². The molecule has 0 aliphatic carbocycles. The number of aliphatic hydroxyl groups is 1.